The van der Waals surface area contributed by atoms with Crippen LogP contribution in [0.5, 0.6) is 0 Å². The zero-order valence-electron chi connectivity index (χ0n) is 9.37. The molecule has 0 radical (unpaired) electrons. The lowest BCUT2D eigenvalue weighted by molar-refractivity contribution is -0.113. The first kappa shape index (κ1) is 15.4. The third-order valence-electron chi connectivity index (χ3n) is 1.60. The Labute approximate surface area is 103 Å². The van der Waals surface area contributed by atoms with Crippen molar-refractivity contribution in [3.8, 4) is 0 Å². The number of hydrogen-bond donors (Lipinski definition) is 1. The second-order valence-corrected chi connectivity index (χ2v) is 5.22. The van der Waals surface area contributed by atoms with Crippen molar-refractivity contribution in [1.82, 2.24) is 0 Å². The van der Waals surface area contributed by atoms with E-state index in [4.69, 9.17) is 5.41 Å². The van der Waals surface area contributed by atoms with Crippen molar-refractivity contribution in [2.75, 3.05) is 0 Å². The van der Waals surface area contributed by atoms with Crippen LogP contribution in [0.2, 0.25) is 0 Å². The molecule has 6 heteroatoms. The highest BCUT2D eigenvalue weighted by Gasteiger charge is 2.11. The molecule has 0 saturated carbocycles. The second-order valence-electron chi connectivity index (χ2n) is 2.95. The SMILES string of the molecule is CCC(=O)SC(=N)CCC(=O)SC(=O)CC. The van der Waals surface area contributed by atoms with Crippen molar-refractivity contribution < 1.29 is 14.4 Å². The molecule has 0 aliphatic rings. The van der Waals surface area contributed by atoms with Crippen molar-refractivity contribution in [2.45, 2.75) is 39.5 Å². The molecule has 90 valence electrons. The van der Waals surface area contributed by atoms with E-state index in [1.165, 1.54) is 0 Å². The molecule has 0 aliphatic heterocycles. The van der Waals surface area contributed by atoms with Crippen LogP contribution in [-0.4, -0.2) is 20.4 Å². The standard InChI is InChI=1S/C10H15NO3S2/c1-3-8(12)15-7(11)5-6-10(14)16-9(13)4-2/h11H,3-6H2,1-2H3. The molecule has 0 aliphatic carbocycles. The smallest absolute Gasteiger partial charge is 0.196 e. The largest absolute Gasteiger partial charge is 0.298 e. The van der Waals surface area contributed by atoms with Crippen molar-refractivity contribution in [2.24, 2.45) is 0 Å². The molecule has 4 nitrogen and oxygen atoms in total. The summed E-state index contributed by atoms with van der Waals surface area (Å²) in [5, 5.41) is 7.16. The number of nitrogens with one attached hydrogen (secondary N) is 1. The molecule has 1 N–H and O–H groups in total. The van der Waals surface area contributed by atoms with E-state index in [1.807, 2.05) is 0 Å². The zero-order chi connectivity index (χ0) is 12.6. The first-order chi connectivity index (χ1) is 7.49. The molecule has 0 saturated heterocycles. The average molecular weight is 261 g/mol. The molecule has 0 unspecified atom stereocenters. The van der Waals surface area contributed by atoms with Gasteiger partial charge in [-0.3, -0.25) is 19.8 Å². The maximum Gasteiger partial charge on any atom is 0.196 e. The highest BCUT2D eigenvalue weighted by Crippen LogP contribution is 2.15. The van der Waals surface area contributed by atoms with Crippen molar-refractivity contribution in [3.05, 3.63) is 0 Å². The second kappa shape index (κ2) is 8.52. The van der Waals surface area contributed by atoms with E-state index in [-0.39, 0.29) is 33.2 Å². The maximum absolute atomic E-state index is 11.2. The van der Waals surface area contributed by atoms with E-state index in [0.717, 1.165) is 11.8 Å². The van der Waals surface area contributed by atoms with Gasteiger partial charge in [0.1, 0.15) is 0 Å². The van der Waals surface area contributed by atoms with Crippen LogP contribution >= 0.6 is 23.5 Å². The van der Waals surface area contributed by atoms with Crippen molar-refractivity contribution >= 4 is 43.9 Å². The number of hydrogen-bond acceptors (Lipinski definition) is 6. The van der Waals surface area contributed by atoms with Crippen LogP contribution in [0, 0.1) is 5.41 Å². The number of rotatable bonds is 5. The highest BCUT2D eigenvalue weighted by atomic mass is 32.2. The van der Waals surface area contributed by atoms with E-state index in [9.17, 15) is 14.4 Å². The van der Waals surface area contributed by atoms with E-state index in [2.05, 4.69) is 0 Å². The van der Waals surface area contributed by atoms with Gasteiger partial charge in [-0.25, -0.2) is 0 Å². The average Bonchev–Trinajstić information content (AvgIpc) is 2.26. The summed E-state index contributed by atoms with van der Waals surface area (Å²) in [5.41, 5.74) is 0. The van der Waals surface area contributed by atoms with Gasteiger partial charge in [0.05, 0.1) is 5.04 Å². The Morgan fingerprint density at radius 3 is 1.88 bits per heavy atom. The van der Waals surface area contributed by atoms with Gasteiger partial charge in [-0.1, -0.05) is 13.8 Å². The van der Waals surface area contributed by atoms with Gasteiger partial charge in [-0.15, -0.1) is 0 Å². The minimum Gasteiger partial charge on any atom is -0.298 e. The summed E-state index contributed by atoms with van der Waals surface area (Å²) in [4.78, 5) is 33.1. The number of carbonyl (C=O) groups is 3. The Hall–Kier alpha value is -0.620. The van der Waals surface area contributed by atoms with Gasteiger partial charge in [0.25, 0.3) is 0 Å². The third kappa shape index (κ3) is 7.64. The van der Waals surface area contributed by atoms with E-state index >= 15 is 0 Å². The minimum absolute atomic E-state index is 0.0743. The molecule has 0 bridgehead atoms. The van der Waals surface area contributed by atoms with Crippen LogP contribution in [0.3, 0.4) is 0 Å². The molecule has 0 aromatic rings. The molecule has 0 heterocycles. The Morgan fingerprint density at radius 2 is 1.38 bits per heavy atom. The van der Waals surface area contributed by atoms with E-state index < -0.39 is 0 Å². The van der Waals surface area contributed by atoms with Gasteiger partial charge in [0, 0.05) is 25.7 Å². The molecular formula is C10H15NO3S2. The predicted octanol–water partition coefficient (Wildman–Crippen LogP) is 2.61. The summed E-state index contributed by atoms with van der Waals surface area (Å²) in [7, 11) is 0. The fourth-order valence-electron chi connectivity index (χ4n) is 0.726. The Morgan fingerprint density at radius 1 is 0.875 bits per heavy atom. The van der Waals surface area contributed by atoms with Crippen molar-refractivity contribution in [1.29, 1.82) is 5.41 Å². The first-order valence-electron chi connectivity index (χ1n) is 5.01. The normalized spacial score (nSPS) is 9.88. The molecule has 16 heavy (non-hydrogen) atoms. The van der Waals surface area contributed by atoms with Crippen LogP contribution in [0.25, 0.3) is 0 Å². The quantitative estimate of drug-likeness (QED) is 0.608. The summed E-state index contributed by atoms with van der Waals surface area (Å²) in [6.45, 7) is 3.42. The van der Waals surface area contributed by atoms with Crippen LogP contribution in [0.15, 0.2) is 0 Å². The van der Waals surface area contributed by atoms with Gasteiger partial charge in [0.2, 0.25) is 0 Å². The van der Waals surface area contributed by atoms with Gasteiger partial charge in [-0.05, 0) is 23.5 Å². The molecular weight excluding hydrogens is 246 g/mol. The van der Waals surface area contributed by atoms with Crippen LogP contribution in [0.1, 0.15) is 39.5 Å². The van der Waals surface area contributed by atoms with Gasteiger partial charge in [-0.2, -0.15) is 0 Å². The topological polar surface area (TPSA) is 75.1 Å². The monoisotopic (exact) mass is 261 g/mol. The lowest BCUT2D eigenvalue weighted by atomic mass is 10.3. The van der Waals surface area contributed by atoms with Gasteiger partial charge < -0.3 is 0 Å². The van der Waals surface area contributed by atoms with Crippen LogP contribution < -0.4 is 0 Å². The zero-order valence-corrected chi connectivity index (χ0v) is 11.0. The number of thioether (sulfide) groups is 2. The molecule has 0 aromatic heterocycles. The Balaban J connectivity index is 3.79. The summed E-state index contributed by atoms with van der Waals surface area (Å²) in [6, 6.07) is 0. The Bertz CT molecular complexity index is 272. The predicted molar refractivity (Wildman–Crippen MR) is 67.7 cm³/mol. The molecule has 0 amide bonds. The molecule has 0 spiro atoms. The van der Waals surface area contributed by atoms with Crippen LogP contribution in [0.4, 0.5) is 0 Å². The molecule has 0 aromatic carbocycles. The lowest BCUT2D eigenvalue weighted by Crippen LogP contribution is -2.03. The van der Waals surface area contributed by atoms with Crippen LogP contribution in [-0.2, 0) is 14.4 Å². The number of carbonyl (C=O) groups excluding carboxylic acids is 3. The van der Waals surface area contributed by atoms with Gasteiger partial charge >= 0.3 is 0 Å². The fourth-order valence-corrected chi connectivity index (χ4v) is 1.95. The van der Waals surface area contributed by atoms with E-state index in [0.29, 0.717) is 24.6 Å². The summed E-state index contributed by atoms with van der Waals surface area (Å²) in [6.07, 6.45) is 1.08. The lowest BCUT2D eigenvalue weighted by Gasteiger charge is -2.00. The molecule has 0 atom stereocenters. The molecule has 0 rings (SSSR count). The maximum atomic E-state index is 11.2. The summed E-state index contributed by atoms with van der Waals surface area (Å²) in [5.74, 6) is 0. The summed E-state index contributed by atoms with van der Waals surface area (Å²) >= 11 is 1.56. The minimum atomic E-state index is -0.235. The van der Waals surface area contributed by atoms with E-state index in [1.54, 1.807) is 13.8 Å². The third-order valence-corrected chi connectivity index (χ3v) is 3.51. The fraction of sp³-hybridized carbons (Fsp3) is 0.600. The van der Waals surface area contributed by atoms with Crippen molar-refractivity contribution in [3.63, 3.8) is 0 Å². The molecule has 0 fully saturated rings. The van der Waals surface area contributed by atoms with Gasteiger partial charge in [0.15, 0.2) is 15.3 Å². The highest BCUT2D eigenvalue weighted by molar-refractivity contribution is 8.26. The summed E-state index contributed by atoms with van der Waals surface area (Å²) < 4.78 is 0. The Kier molecular flexibility index (Phi) is 8.19. The first-order valence-corrected chi connectivity index (χ1v) is 6.64.